The molecule has 0 unspecified atom stereocenters. The van der Waals surface area contributed by atoms with Gasteiger partial charge in [0, 0.05) is 61.7 Å². The number of hydrogen-bond acceptors (Lipinski definition) is 6. The number of rotatable bonds is 4. The second-order valence-corrected chi connectivity index (χ2v) is 11.6. The van der Waals surface area contributed by atoms with Gasteiger partial charge < -0.3 is 10.2 Å². The predicted octanol–water partition coefficient (Wildman–Crippen LogP) is 3.91. The Hall–Kier alpha value is -2.91. The molecule has 2 aliphatic heterocycles. The van der Waals surface area contributed by atoms with Crippen LogP contribution in [0.4, 0.5) is 0 Å². The molecule has 2 saturated heterocycles. The summed E-state index contributed by atoms with van der Waals surface area (Å²) in [6.45, 7) is 3.98. The quantitative estimate of drug-likeness (QED) is 0.418. The zero-order valence-electron chi connectivity index (χ0n) is 20.0. The molecule has 1 N–H and O–H groups in total. The van der Waals surface area contributed by atoms with E-state index in [-0.39, 0.29) is 5.92 Å². The van der Waals surface area contributed by atoms with Crippen LogP contribution in [0.2, 0.25) is 0 Å². The highest BCUT2D eigenvalue weighted by Crippen LogP contribution is 2.39. The molecule has 8 nitrogen and oxygen atoms in total. The maximum absolute atomic E-state index is 13.2. The Morgan fingerprint density at radius 3 is 2.94 bits per heavy atom. The summed E-state index contributed by atoms with van der Waals surface area (Å²) in [4.78, 5) is 29.4. The van der Waals surface area contributed by atoms with Crippen molar-refractivity contribution in [3.05, 3.63) is 53.2 Å². The molecular formula is C27H28BrN7O. The summed E-state index contributed by atoms with van der Waals surface area (Å²) in [6.07, 6.45) is 8.56. The van der Waals surface area contributed by atoms with Gasteiger partial charge >= 0.3 is 0 Å². The van der Waals surface area contributed by atoms with Crippen LogP contribution in [-0.4, -0.2) is 61.7 Å². The molecule has 2 atom stereocenters. The van der Waals surface area contributed by atoms with Crippen LogP contribution in [0, 0.1) is 17.3 Å². The van der Waals surface area contributed by atoms with Gasteiger partial charge in [0.15, 0.2) is 5.65 Å². The normalized spacial score (nSPS) is 23.1. The van der Waals surface area contributed by atoms with E-state index < -0.39 is 0 Å². The fourth-order valence-corrected chi connectivity index (χ4v) is 6.71. The van der Waals surface area contributed by atoms with Crippen LogP contribution >= 0.6 is 15.9 Å². The van der Waals surface area contributed by atoms with Crippen LogP contribution in [0.15, 0.2) is 47.3 Å². The van der Waals surface area contributed by atoms with Crippen LogP contribution in [0.3, 0.4) is 0 Å². The van der Waals surface area contributed by atoms with E-state index in [0.717, 1.165) is 96.3 Å². The van der Waals surface area contributed by atoms with Crippen molar-refractivity contribution in [2.45, 2.75) is 32.1 Å². The molecule has 1 aromatic carbocycles. The third-order valence-electron chi connectivity index (χ3n) is 8.37. The summed E-state index contributed by atoms with van der Waals surface area (Å²) < 4.78 is 2.60. The number of carbonyl (C=O) groups is 1. The van der Waals surface area contributed by atoms with Crippen LogP contribution < -0.4 is 5.32 Å². The van der Waals surface area contributed by atoms with E-state index in [4.69, 9.17) is 10.1 Å². The molecule has 4 aromatic rings. The Bertz CT molecular complexity index is 1480. The van der Waals surface area contributed by atoms with Gasteiger partial charge in [-0.15, -0.1) is 0 Å². The Balaban J connectivity index is 1.09. The number of benzene rings is 1. The highest BCUT2D eigenvalue weighted by molar-refractivity contribution is 9.10. The first-order chi connectivity index (χ1) is 17.6. The molecule has 7 rings (SSSR count). The minimum Gasteiger partial charge on any atom is -0.342 e. The predicted molar refractivity (Wildman–Crippen MR) is 141 cm³/mol. The Kier molecular flexibility index (Phi) is 5.32. The first-order valence-electron chi connectivity index (χ1n) is 12.8. The first-order valence-corrected chi connectivity index (χ1v) is 13.6. The van der Waals surface area contributed by atoms with Gasteiger partial charge in [0.25, 0.3) is 0 Å². The number of likely N-dealkylation sites (tertiary alicyclic amines) is 1. The number of halogens is 1. The molecule has 1 spiro atoms. The standard InChI is InChI=1S/C27H28BrN7O/c28-24-21-13-31-23(32-25(21)35(33-24)20-5-6-22-18(12-20)2-1-8-30-22)11-17-3-4-19(10-17)26(36)34-9-7-27(16-34)14-29-15-27/h1-2,5-6,8,12-13,17,19,29H,3-4,7,9-11,14-16H2/t17-,19-/m1/s1. The molecule has 3 fully saturated rings. The summed E-state index contributed by atoms with van der Waals surface area (Å²) in [5.74, 6) is 1.76. The van der Waals surface area contributed by atoms with Gasteiger partial charge in [-0.2, -0.15) is 5.10 Å². The average molecular weight is 546 g/mol. The Morgan fingerprint density at radius 2 is 2.11 bits per heavy atom. The molecule has 1 aliphatic carbocycles. The number of aromatic nitrogens is 5. The summed E-state index contributed by atoms with van der Waals surface area (Å²) in [7, 11) is 0. The van der Waals surface area contributed by atoms with Crippen molar-refractivity contribution in [2.24, 2.45) is 17.3 Å². The average Bonchev–Trinajstić information content (AvgIpc) is 3.61. The summed E-state index contributed by atoms with van der Waals surface area (Å²) in [5.41, 5.74) is 3.03. The van der Waals surface area contributed by atoms with Crippen molar-refractivity contribution in [1.29, 1.82) is 0 Å². The molecule has 3 aliphatic rings. The maximum atomic E-state index is 13.2. The molecule has 0 radical (unpaired) electrons. The van der Waals surface area contributed by atoms with Crippen molar-refractivity contribution in [3.8, 4) is 5.69 Å². The van der Waals surface area contributed by atoms with Gasteiger partial charge in [0.05, 0.1) is 16.6 Å². The SMILES string of the molecule is O=C([C@@H]1CC[C@@H](Cc2ncc3c(Br)nn(-c4ccc5ncccc5c4)c3n2)C1)N1CCC2(CNC2)C1. The van der Waals surface area contributed by atoms with Crippen molar-refractivity contribution in [1.82, 2.24) is 34.9 Å². The highest BCUT2D eigenvalue weighted by Gasteiger charge is 2.46. The summed E-state index contributed by atoms with van der Waals surface area (Å²) in [6, 6.07) is 10.1. The van der Waals surface area contributed by atoms with Gasteiger partial charge in [-0.25, -0.2) is 14.6 Å². The number of hydrogen-bond donors (Lipinski definition) is 1. The Labute approximate surface area is 217 Å². The molecular weight excluding hydrogens is 518 g/mol. The largest absolute Gasteiger partial charge is 0.342 e. The van der Waals surface area contributed by atoms with Crippen LogP contribution in [0.25, 0.3) is 27.6 Å². The zero-order valence-corrected chi connectivity index (χ0v) is 21.6. The summed E-state index contributed by atoms with van der Waals surface area (Å²) in [5, 5.41) is 10.0. The van der Waals surface area contributed by atoms with Gasteiger partial charge in [0.2, 0.25) is 5.91 Å². The molecule has 184 valence electrons. The van der Waals surface area contributed by atoms with E-state index in [2.05, 4.69) is 48.2 Å². The molecule has 36 heavy (non-hydrogen) atoms. The minimum atomic E-state index is 0.146. The van der Waals surface area contributed by atoms with E-state index in [1.807, 2.05) is 29.1 Å². The minimum absolute atomic E-state index is 0.146. The Morgan fingerprint density at radius 1 is 1.19 bits per heavy atom. The number of carbonyl (C=O) groups excluding carboxylic acids is 1. The number of pyridine rings is 1. The van der Waals surface area contributed by atoms with E-state index in [9.17, 15) is 4.79 Å². The van der Waals surface area contributed by atoms with Crippen LogP contribution in [0.5, 0.6) is 0 Å². The third kappa shape index (κ3) is 3.80. The number of amides is 1. The monoisotopic (exact) mass is 545 g/mol. The maximum Gasteiger partial charge on any atom is 0.225 e. The van der Waals surface area contributed by atoms with Gasteiger partial charge in [-0.1, -0.05) is 6.07 Å². The van der Waals surface area contributed by atoms with E-state index in [1.165, 1.54) is 0 Å². The van der Waals surface area contributed by atoms with Crippen molar-refractivity contribution >= 4 is 43.8 Å². The van der Waals surface area contributed by atoms with Crippen molar-refractivity contribution < 1.29 is 4.79 Å². The number of fused-ring (bicyclic) bond motifs is 2. The second kappa shape index (κ2) is 8.59. The van der Waals surface area contributed by atoms with Gasteiger partial charge in [-0.05, 0) is 71.8 Å². The lowest BCUT2D eigenvalue weighted by Crippen LogP contribution is -2.55. The zero-order chi connectivity index (χ0) is 24.3. The number of nitrogens with one attached hydrogen (secondary N) is 1. The summed E-state index contributed by atoms with van der Waals surface area (Å²) >= 11 is 3.58. The molecule has 9 heteroatoms. The topological polar surface area (TPSA) is 88.8 Å². The van der Waals surface area contributed by atoms with E-state index >= 15 is 0 Å². The van der Waals surface area contributed by atoms with Gasteiger partial charge in [-0.3, -0.25) is 9.78 Å². The molecule has 1 amide bonds. The molecule has 1 saturated carbocycles. The third-order valence-corrected chi connectivity index (χ3v) is 8.96. The van der Waals surface area contributed by atoms with Crippen LogP contribution in [0.1, 0.15) is 31.5 Å². The molecule has 3 aromatic heterocycles. The first kappa shape index (κ1) is 22.3. The van der Waals surface area contributed by atoms with Crippen molar-refractivity contribution in [3.63, 3.8) is 0 Å². The molecule has 5 heterocycles. The number of nitrogens with zero attached hydrogens (tertiary/aromatic N) is 6. The lowest BCUT2D eigenvalue weighted by Gasteiger charge is -2.39. The highest BCUT2D eigenvalue weighted by atomic mass is 79.9. The fourth-order valence-electron chi connectivity index (χ4n) is 6.27. The lowest BCUT2D eigenvalue weighted by molar-refractivity contribution is -0.134. The fraction of sp³-hybridized carbons (Fsp3) is 0.444. The smallest absolute Gasteiger partial charge is 0.225 e. The van der Waals surface area contributed by atoms with Gasteiger partial charge in [0.1, 0.15) is 10.4 Å². The molecule has 0 bridgehead atoms. The van der Waals surface area contributed by atoms with E-state index in [0.29, 0.717) is 17.2 Å². The van der Waals surface area contributed by atoms with Crippen LogP contribution in [-0.2, 0) is 11.2 Å². The lowest BCUT2D eigenvalue weighted by atomic mass is 9.81. The second-order valence-electron chi connectivity index (χ2n) is 10.8. The van der Waals surface area contributed by atoms with Crippen molar-refractivity contribution in [2.75, 3.05) is 26.2 Å². The van der Waals surface area contributed by atoms with E-state index in [1.54, 1.807) is 6.20 Å².